The Morgan fingerprint density at radius 1 is 1.22 bits per heavy atom. The number of aliphatic hydroxyl groups excluding tert-OH is 1. The summed E-state index contributed by atoms with van der Waals surface area (Å²) < 4.78 is 69.8. The van der Waals surface area contributed by atoms with Gasteiger partial charge in [0, 0.05) is 5.56 Å². The SMILES string of the molecule is OC(Cc1coc(-c2cc(F)c(F)c(C(F)(F)F)c2)n1)=C1CC1. The quantitative estimate of drug-likeness (QED) is 0.650. The van der Waals surface area contributed by atoms with Gasteiger partial charge in [-0.1, -0.05) is 0 Å². The molecule has 23 heavy (non-hydrogen) atoms. The van der Waals surface area contributed by atoms with E-state index < -0.39 is 23.4 Å². The Balaban J connectivity index is 1.94. The summed E-state index contributed by atoms with van der Waals surface area (Å²) in [5.41, 5.74) is -0.881. The number of hydrogen-bond acceptors (Lipinski definition) is 3. The molecule has 1 fully saturated rings. The Bertz CT molecular complexity index is 786. The molecule has 1 saturated carbocycles. The molecule has 8 heteroatoms. The number of aromatic nitrogens is 1. The molecule has 1 N–H and O–H groups in total. The molecule has 122 valence electrons. The minimum atomic E-state index is -5.04. The Kier molecular flexibility index (Phi) is 3.62. The Morgan fingerprint density at radius 2 is 1.91 bits per heavy atom. The highest BCUT2D eigenvalue weighted by molar-refractivity contribution is 5.55. The Morgan fingerprint density at radius 3 is 2.52 bits per heavy atom. The van der Waals surface area contributed by atoms with Gasteiger partial charge in [-0.05, 0) is 30.5 Å². The van der Waals surface area contributed by atoms with E-state index in [9.17, 15) is 27.1 Å². The molecule has 0 aliphatic heterocycles. The van der Waals surface area contributed by atoms with Crippen LogP contribution in [0.1, 0.15) is 24.1 Å². The van der Waals surface area contributed by atoms with Crippen LogP contribution in [-0.2, 0) is 12.6 Å². The minimum Gasteiger partial charge on any atom is -0.512 e. The molecule has 0 atom stereocenters. The van der Waals surface area contributed by atoms with E-state index in [1.165, 1.54) is 0 Å². The van der Waals surface area contributed by atoms with Crippen LogP contribution in [0, 0.1) is 11.6 Å². The predicted octanol–water partition coefficient (Wildman–Crippen LogP) is 4.79. The maximum absolute atomic E-state index is 13.4. The number of nitrogens with zero attached hydrogens (tertiary/aromatic N) is 1. The van der Waals surface area contributed by atoms with Gasteiger partial charge < -0.3 is 9.52 Å². The van der Waals surface area contributed by atoms with Gasteiger partial charge in [0.1, 0.15) is 6.26 Å². The fraction of sp³-hybridized carbons (Fsp3) is 0.267. The molecular formula is C15H10F5NO2. The predicted molar refractivity (Wildman–Crippen MR) is 69.4 cm³/mol. The van der Waals surface area contributed by atoms with Crippen molar-refractivity contribution in [2.75, 3.05) is 0 Å². The van der Waals surface area contributed by atoms with E-state index in [4.69, 9.17) is 4.42 Å². The van der Waals surface area contributed by atoms with Gasteiger partial charge in [0.05, 0.1) is 23.4 Å². The molecule has 1 aromatic heterocycles. The standard InChI is InChI=1S/C15H10F5NO2/c16-11-4-8(3-10(13(11)17)15(18,19)20)14-21-9(6-23-14)5-12(22)7-1-2-7/h3-4,6,22H,1-2,5H2. The van der Waals surface area contributed by atoms with Crippen LogP contribution >= 0.6 is 0 Å². The van der Waals surface area contributed by atoms with Crippen LogP contribution in [0.2, 0.25) is 0 Å². The lowest BCUT2D eigenvalue weighted by molar-refractivity contribution is -0.140. The van der Waals surface area contributed by atoms with Crippen molar-refractivity contribution < 1.29 is 31.5 Å². The van der Waals surface area contributed by atoms with Crippen LogP contribution in [0.25, 0.3) is 11.5 Å². The van der Waals surface area contributed by atoms with Crippen molar-refractivity contribution in [3.8, 4) is 11.5 Å². The molecule has 0 saturated heterocycles. The minimum absolute atomic E-state index is 0.0780. The number of allylic oxidation sites excluding steroid dienone is 2. The highest BCUT2D eigenvalue weighted by Crippen LogP contribution is 2.36. The van der Waals surface area contributed by atoms with Crippen molar-refractivity contribution in [3.63, 3.8) is 0 Å². The summed E-state index contributed by atoms with van der Waals surface area (Å²) in [4.78, 5) is 3.91. The molecule has 0 amide bonds. The summed E-state index contributed by atoms with van der Waals surface area (Å²) in [6.07, 6.45) is -2.20. The van der Waals surface area contributed by atoms with Crippen molar-refractivity contribution in [1.29, 1.82) is 0 Å². The summed E-state index contributed by atoms with van der Waals surface area (Å²) >= 11 is 0. The highest BCUT2D eigenvalue weighted by Gasteiger charge is 2.36. The molecule has 0 unspecified atom stereocenters. The summed E-state index contributed by atoms with van der Waals surface area (Å²) in [6, 6.07) is 1.02. The van der Waals surface area contributed by atoms with Crippen molar-refractivity contribution in [2.24, 2.45) is 0 Å². The van der Waals surface area contributed by atoms with Crippen LogP contribution in [0.4, 0.5) is 22.0 Å². The molecule has 0 radical (unpaired) electrons. The molecule has 0 bridgehead atoms. The molecule has 0 spiro atoms. The number of oxazole rings is 1. The van der Waals surface area contributed by atoms with Gasteiger partial charge in [-0.25, -0.2) is 13.8 Å². The average molecular weight is 331 g/mol. The van der Waals surface area contributed by atoms with Gasteiger partial charge in [-0.2, -0.15) is 13.2 Å². The molecule has 3 rings (SSSR count). The first-order valence-corrected chi connectivity index (χ1v) is 6.66. The van der Waals surface area contributed by atoms with Gasteiger partial charge in [0.2, 0.25) is 5.89 Å². The Hall–Kier alpha value is -2.38. The lowest BCUT2D eigenvalue weighted by Gasteiger charge is -2.09. The number of hydrogen-bond donors (Lipinski definition) is 1. The zero-order chi connectivity index (χ0) is 16.8. The van der Waals surface area contributed by atoms with E-state index in [1.54, 1.807) is 0 Å². The monoisotopic (exact) mass is 331 g/mol. The first-order valence-electron chi connectivity index (χ1n) is 6.66. The first kappa shape index (κ1) is 15.5. The normalized spacial score (nSPS) is 14.2. The number of aliphatic hydroxyl groups is 1. The smallest absolute Gasteiger partial charge is 0.419 e. The molecule has 1 aliphatic rings. The second kappa shape index (κ2) is 5.36. The topological polar surface area (TPSA) is 46.3 Å². The number of benzene rings is 1. The second-order valence-electron chi connectivity index (χ2n) is 5.19. The highest BCUT2D eigenvalue weighted by atomic mass is 19.4. The van der Waals surface area contributed by atoms with E-state index >= 15 is 0 Å². The second-order valence-corrected chi connectivity index (χ2v) is 5.19. The summed E-state index contributed by atoms with van der Waals surface area (Å²) in [7, 11) is 0. The number of alkyl halides is 3. The third kappa shape index (κ3) is 3.20. The van der Waals surface area contributed by atoms with E-state index in [2.05, 4.69) is 4.98 Å². The van der Waals surface area contributed by atoms with Gasteiger partial charge in [-0.15, -0.1) is 0 Å². The lowest BCUT2D eigenvalue weighted by atomic mass is 10.1. The van der Waals surface area contributed by atoms with Crippen LogP contribution < -0.4 is 0 Å². The van der Waals surface area contributed by atoms with E-state index in [0.29, 0.717) is 12.1 Å². The fourth-order valence-corrected chi connectivity index (χ4v) is 2.09. The average Bonchev–Trinajstić information content (AvgIpc) is 3.21. The van der Waals surface area contributed by atoms with E-state index in [-0.39, 0.29) is 29.3 Å². The number of rotatable bonds is 3. The van der Waals surface area contributed by atoms with Crippen LogP contribution in [0.5, 0.6) is 0 Å². The van der Waals surface area contributed by atoms with Crippen molar-refractivity contribution in [3.05, 3.63) is 52.6 Å². The zero-order valence-corrected chi connectivity index (χ0v) is 11.5. The third-order valence-corrected chi connectivity index (χ3v) is 3.39. The molecule has 1 aromatic carbocycles. The largest absolute Gasteiger partial charge is 0.512 e. The first-order chi connectivity index (χ1) is 10.8. The third-order valence-electron chi connectivity index (χ3n) is 3.39. The maximum atomic E-state index is 13.4. The van der Waals surface area contributed by atoms with Crippen molar-refractivity contribution >= 4 is 0 Å². The molecule has 3 nitrogen and oxygen atoms in total. The summed E-state index contributed by atoms with van der Waals surface area (Å²) in [6.45, 7) is 0. The van der Waals surface area contributed by atoms with Gasteiger partial charge in [0.25, 0.3) is 0 Å². The van der Waals surface area contributed by atoms with Crippen LogP contribution in [0.3, 0.4) is 0 Å². The number of halogens is 5. The van der Waals surface area contributed by atoms with E-state index in [0.717, 1.165) is 24.7 Å². The Labute approximate surface area is 127 Å². The summed E-state index contributed by atoms with van der Waals surface area (Å²) in [5, 5.41) is 9.69. The molecule has 1 aliphatic carbocycles. The zero-order valence-electron chi connectivity index (χ0n) is 11.5. The van der Waals surface area contributed by atoms with Crippen molar-refractivity contribution in [2.45, 2.75) is 25.4 Å². The van der Waals surface area contributed by atoms with Gasteiger partial charge >= 0.3 is 6.18 Å². The van der Waals surface area contributed by atoms with Crippen LogP contribution in [0.15, 0.2) is 34.1 Å². The van der Waals surface area contributed by atoms with Gasteiger partial charge in [-0.3, -0.25) is 0 Å². The van der Waals surface area contributed by atoms with Crippen LogP contribution in [-0.4, -0.2) is 10.1 Å². The molecule has 2 aromatic rings. The molecular weight excluding hydrogens is 321 g/mol. The summed E-state index contributed by atoms with van der Waals surface area (Å²) in [5.74, 6) is -3.74. The van der Waals surface area contributed by atoms with Crippen molar-refractivity contribution in [1.82, 2.24) is 4.98 Å². The lowest BCUT2D eigenvalue weighted by Crippen LogP contribution is -2.10. The maximum Gasteiger partial charge on any atom is 0.419 e. The fourth-order valence-electron chi connectivity index (χ4n) is 2.09. The van der Waals surface area contributed by atoms with E-state index in [1.807, 2.05) is 0 Å². The van der Waals surface area contributed by atoms with Gasteiger partial charge in [0.15, 0.2) is 11.6 Å². The molecule has 1 heterocycles.